The van der Waals surface area contributed by atoms with E-state index in [-0.39, 0.29) is 11.9 Å². The Morgan fingerprint density at radius 2 is 2.00 bits per heavy atom. The highest BCUT2D eigenvalue weighted by molar-refractivity contribution is 5.42. The van der Waals surface area contributed by atoms with Gasteiger partial charge in [-0.05, 0) is 37.1 Å². The average molecular weight is 274 g/mol. The lowest BCUT2D eigenvalue weighted by atomic mass is 10.1. The number of hydrogen-bond acceptors (Lipinski definition) is 4. The van der Waals surface area contributed by atoms with Crippen molar-refractivity contribution in [3.8, 4) is 0 Å². The van der Waals surface area contributed by atoms with Crippen LogP contribution in [0.1, 0.15) is 24.1 Å². The molecule has 1 aromatic carbocycles. The maximum absolute atomic E-state index is 13.6. The summed E-state index contributed by atoms with van der Waals surface area (Å²) >= 11 is 0. The Hall–Kier alpha value is -2.17. The van der Waals surface area contributed by atoms with Crippen LogP contribution < -0.4 is 10.2 Å². The monoisotopic (exact) mass is 274 g/mol. The zero-order valence-corrected chi connectivity index (χ0v) is 12.2. The van der Waals surface area contributed by atoms with Crippen LogP contribution in [-0.4, -0.2) is 24.1 Å². The molecule has 1 atom stereocenters. The fourth-order valence-electron chi connectivity index (χ4n) is 1.83. The van der Waals surface area contributed by atoms with E-state index in [0.29, 0.717) is 11.5 Å². The Kier molecular flexibility index (Phi) is 4.17. The maximum Gasteiger partial charge on any atom is 0.226 e. The second-order valence-corrected chi connectivity index (χ2v) is 5.01. The number of aryl methyl sites for hydroxylation is 1. The molecule has 1 aromatic heterocycles. The molecular weight excluding hydrogens is 255 g/mol. The van der Waals surface area contributed by atoms with Gasteiger partial charge in [0.15, 0.2) is 0 Å². The SMILES string of the molecule is Cc1ccc(C(C)Nc2ccnc(N(C)C)n2)cc1F. The van der Waals surface area contributed by atoms with Crippen LogP contribution >= 0.6 is 0 Å². The largest absolute Gasteiger partial charge is 0.363 e. The second kappa shape index (κ2) is 5.86. The molecule has 0 spiro atoms. The van der Waals surface area contributed by atoms with Gasteiger partial charge in [-0.2, -0.15) is 4.98 Å². The van der Waals surface area contributed by atoms with E-state index in [2.05, 4.69) is 15.3 Å². The van der Waals surface area contributed by atoms with Gasteiger partial charge in [0.1, 0.15) is 11.6 Å². The molecule has 1 unspecified atom stereocenters. The summed E-state index contributed by atoms with van der Waals surface area (Å²) in [6, 6.07) is 7.03. The van der Waals surface area contributed by atoms with Crippen molar-refractivity contribution in [3.63, 3.8) is 0 Å². The number of nitrogens with one attached hydrogen (secondary N) is 1. The first-order valence-corrected chi connectivity index (χ1v) is 6.50. The second-order valence-electron chi connectivity index (χ2n) is 5.01. The van der Waals surface area contributed by atoms with E-state index in [1.807, 2.05) is 32.0 Å². The van der Waals surface area contributed by atoms with Gasteiger partial charge in [0.2, 0.25) is 5.95 Å². The number of aromatic nitrogens is 2. The molecule has 106 valence electrons. The van der Waals surface area contributed by atoms with E-state index >= 15 is 0 Å². The molecule has 0 saturated carbocycles. The Balaban J connectivity index is 2.16. The van der Waals surface area contributed by atoms with Crippen molar-refractivity contribution in [2.24, 2.45) is 0 Å². The van der Waals surface area contributed by atoms with Crippen LogP contribution in [0, 0.1) is 12.7 Å². The van der Waals surface area contributed by atoms with E-state index in [4.69, 9.17) is 0 Å². The summed E-state index contributed by atoms with van der Waals surface area (Å²) in [7, 11) is 3.77. The van der Waals surface area contributed by atoms with Crippen LogP contribution in [0.15, 0.2) is 30.5 Å². The van der Waals surface area contributed by atoms with Crippen LogP contribution in [0.4, 0.5) is 16.2 Å². The third kappa shape index (κ3) is 3.23. The molecule has 1 heterocycles. The first-order chi connectivity index (χ1) is 9.47. The molecule has 0 saturated heterocycles. The van der Waals surface area contributed by atoms with Crippen molar-refractivity contribution in [1.82, 2.24) is 9.97 Å². The highest BCUT2D eigenvalue weighted by Crippen LogP contribution is 2.20. The van der Waals surface area contributed by atoms with Gasteiger partial charge < -0.3 is 10.2 Å². The van der Waals surface area contributed by atoms with Crippen LogP contribution in [0.5, 0.6) is 0 Å². The van der Waals surface area contributed by atoms with Gasteiger partial charge in [0.25, 0.3) is 0 Å². The molecule has 0 bridgehead atoms. The van der Waals surface area contributed by atoms with Gasteiger partial charge in [-0.3, -0.25) is 0 Å². The highest BCUT2D eigenvalue weighted by Gasteiger charge is 2.09. The number of benzene rings is 1. The van der Waals surface area contributed by atoms with Crippen molar-refractivity contribution >= 4 is 11.8 Å². The van der Waals surface area contributed by atoms with Gasteiger partial charge in [0, 0.05) is 20.3 Å². The molecule has 4 nitrogen and oxygen atoms in total. The maximum atomic E-state index is 13.6. The molecule has 2 aromatic rings. The summed E-state index contributed by atoms with van der Waals surface area (Å²) in [5.41, 5.74) is 1.54. The zero-order valence-electron chi connectivity index (χ0n) is 12.2. The minimum Gasteiger partial charge on any atom is -0.363 e. The van der Waals surface area contributed by atoms with Gasteiger partial charge in [0.05, 0.1) is 6.04 Å². The first kappa shape index (κ1) is 14.2. The first-order valence-electron chi connectivity index (χ1n) is 6.50. The van der Waals surface area contributed by atoms with Crippen LogP contribution in [0.2, 0.25) is 0 Å². The van der Waals surface area contributed by atoms with Crippen molar-refractivity contribution in [3.05, 3.63) is 47.4 Å². The molecule has 2 rings (SSSR count). The van der Waals surface area contributed by atoms with E-state index < -0.39 is 0 Å². The number of rotatable bonds is 4. The lowest BCUT2D eigenvalue weighted by Crippen LogP contribution is -2.14. The minimum absolute atomic E-state index is 0.0324. The van der Waals surface area contributed by atoms with E-state index in [0.717, 1.165) is 11.4 Å². The standard InChI is InChI=1S/C15H19FN4/c1-10-5-6-12(9-13(10)16)11(2)18-14-7-8-17-15(19-14)20(3)4/h5-9,11H,1-4H3,(H,17,18,19). The van der Waals surface area contributed by atoms with Gasteiger partial charge in [-0.25, -0.2) is 9.37 Å². The molecule has 1 N–H and O–H groups in total. The highest BCUT2D eigenvalue weighted by atomic mass is 19.1. The minimum atomic E-state index is -0.187. The molecule has 5 heteroatoms. The lowest BCUT2D eigenvalue weighted by Gasteiger charge is -2.17. The molecule has 0 fully saturated rings. The lowest BCUT2D eigenvalue weighted by molar-refractivity contribution is 0.614. The van der Waals surface area contributed by atoms with Crippen molar-refractivity contribution in [2.75, 3.05) is 24.3 Å². The van der Waals surface area contributed by atoms with E-state index in [1.54, 1.807) is 31.3 Å². The average Bonchev–Trinajstić information content (AvgIpc) is 2.42. The number of hydrogen-bond donors (Lipinski definition) is 1. The van der Waals surface area contributed by atoms with Gasteiger partial charge >= 0.3 is 0 Å². The zero-order chi connectivity index (χ0) is 14.7. The third-order valence-electron chi connectivity index (χ3n) is 3.10. The fourth-order valence-corrected chi connectivity index (χ4v) is 1.83. The van der Waals surface area contributed by atoms with Crippen molar-refractivity contribution < 1.29 is 4.39 Å². The van der Waals surface area contributed by atoms with Crippen molar-refractivity contribution in [2.45, 2.75) is 19.9 Å². The van der Waals surface area contributed by atoms with Crippen LogP contribution in [0.3, 0.4) is 0 Å². The van der Waals surface area contributed by atoms with Crippen LogP contribution in [-0.2, 0) is 0 Å². The van der Waals surface area contributed by atoms with Gasteiger partial charge in [-0.15, -0.1) is 0 Å². The molecular formula is C15H19FN4. The Morgan fingerprint density at radius 3 is 2.65 bits per heavy atom. The Morgan fingerprint density at radius 1 is 1.25 bits per heavy atom. The normalized spacial score (nSPS) is 12.1. The molecule has 0 radical (unpaired) electrons. The summed E-state index contributed by atoms with van der Waals surface area (Å²) in [6.45, 7) is 3.73. The number of halogens is 1. The Labute approximate surface area is 118 Å². The van der Waals surface area contributed by atoms with Crippen LogP contribution in [0.25, 0.3) is 0 Å². The third-order valence-corrected chi connectivity index (χ3v) is 3.10. The summed E-state index contributed by atoms with van der Waals surface area (Å²) in [6.07, 6.45) is 1.70. The topological polar surface area (TPSA) is 41.1 Å². The summed E-state index contributed by atoms with van der Waals surface area (Å²) < 4.78 is 13.6. The van der Waals surface area contributed by atoms with E-state index in [1.165, 1.54) is 0 Å². The van der Waals surface area contributed by atoms with Gasteiger partial charge in [-0.1, -0.05) is 12.1 Å². The fraction of sp³-hybridized carbons (Fsp3) is 0.333. The summed E-state index contributed by atoms with van der Waals surface area (Å²) in [5.74, 6) is 1.17. The predicted octanol–water partition coefficient (Wildman–Crippen LogP) is 3.16. The van der Waals surface area contributed by atoms with E-state index in [9.17, 15) is 4.39 Å². The smallest absolute Gasteiger partial charge is 0.226 e. The molecule has 0 aliphatic carbocycles. The Bertz CT molecular complexity index is 598. The number of nitrogens with zero attached hydrogens (tertiary/aromatic N) is 3. The predicted molar refractivity (Wildman–Crippen MR) is 79.5 cm³/mol. The quantitative estimate of drug-likeness (QED) is 0.929. The molecule has 20 heavy (non-hydrogen) atoms. The summed E-state index contributed by atoms with van der Waals surface area (Å²) in [4.78, 5) is 10.4. The molecule has 0 amide bonds. The van der Waals surface area contributed by atoms with Crippen molar-refractivity contribution in [1.29, 1.82) is 0 Å². The molecule has 0 aliphatic heterocycles. The summed E-state index contributed by atoms with van der Waals surface area (Å²) in [5, 5.41) is 3.26. The molecule has 0 aliphatic rings. The number of anilines is 2.